The Morgan fingerprint density at radius 3 is 2.25 bits per heavy atom. The van der Waals surface area contributed by atoms with Crippen molar-refractivity contribution in [1.82, 2.24) is 10.2 Å². The summed E-state index contributed by atoms with van der Waals surface area (Å²) in [7, 11) is -2.70. The fourth-order valence-electron chi connectivity index (χ4n) is 4.00. The third kappa shape index (κ3) is 7.76. The summed E-state index contributed by atoms with van der Waals surface area (Å²) in [6, 6.07) is 19.0. The summed E-state index contributed by atoms with van der Waals surface area (Å²) in [5, 5.41) is 3.33. The number of halogens is 1. The molecule has 0 spiro atoms. The molecular weight excluding hydrogens is 550 g/mol. The summed E-state index contributed by atoms with van der Waals surface area (Å²) in [4.78, 5) is 28.6. The van der Waals surface area contributed by atoms with E-state index in [1.807, 2.05) is 27.7 Å². The van der Waals surface area contributed by atoms with Gasteiger partial charge in [-0.15, -0.1) is 0 Å². The molecule has 0 saturated heterocycles. The van der Waals surface area contributed by atoms with Crippen molar-refractivity contribution in [1.29, 1.82) is 0 Å². The number of hydrogen-bond donors (Lipinski definition) is 1. The first-order chi connectivity index (χ1) is 18.7. The highest BCUT2D eigenvalue weighted by Crippen LogP contribution is 2.28. The predicted molar refractivity (Wildman–Crippen MR) is 158 cm³/mol. The second-order valence-electron chi connectivity index (χ2n) is 10.6. The van der Waals surface area contributed by atoms with Gasteiger partial charge >= 0.3 is 0 Å². The molecule has 0 fully saturated rings. The first-order valence-corrected chi connectivity index (χ1v) is 14.6. The number of anilines is 1. The summed E-state index contributed by atoms with van der Waals surface area (Å²) >= 11 is 6.41. The molecule has 0 aliphatic carbocycles. The average molecular weight is 586 g/mol. The summed E-state index contributed by atoms with van der Waals surface area (Å²) < 4.78 is 34.2. The Bertz CT molecular complexity index is 1450. The van der Waals surface area contributed by atoms with Crippen LogP contribution in [-0.4, -0.2) is 50.4 Å². The molecular formula is C30H36ClN3O5S. The molecule has 0 heterocycles. The molecule has 0 radical (unpaired) electrons. The molecule has 0 aromatic heterocycles. The molecule has 2 amide bonds. The van der Waals surface area contributed by atoms with E-state index in [4.69, 9.17) is 16.3 Å². The second-order valence-corrected chi connectivity index (χ2v) is 12.8. The smallest absolute Gasteiger partial charge is 0.264 e. The summed E-state index contributed by atoms with van der Waals surface area (Å²) in [5.74, 6) is -0.517. The van der Waals surface area contributed by atoms with E-state index in [9.17, 15) is 18.0 Å². The molecule has 214 valence electrons. The highest BCUT2D eigenvalue weighted by molar-refractivity contribution is 7.92. The van der Waals surface area contributed by atoms with E-state index >= 15 is 0 Å². The van der Waals surface area contributed by atoms with Gasteiger partial charge in [0, 0.05) is 23.2 Å². The highest BCUT2D eigenvalue weighted by Gasteiger charge is 2.33. The quantitative estimate of drug-likeness (QED) is 0.353. The van der Waals surface area contributed by atoms with Crippen molar-refractivity contribution >= 4 is 39.1 Å². The molecule has 3 aromatic carbocycles. The molecule has 0 aliphatic heterocycles. The maximum Gasteiger partial charge on any atom is 0.264 e. The van der Waals surface area contributed by atoms with Crippen molar-refractivity contribution in [2.75, 3.05) is 18.0 Å². The minimum atomic E-state index is -4.18. The van der Waals surface area contributed by atoms with E-state index in [2.05, 4.69) is 5.32 Å². The van der Waals surface area contributed by atoms with Crippen LogP contribution >= 0.6 is 11.6 Å². The lowest BCUT2D eigenvalue weighted by Crippen LogP contribution is -2.54. The van der Waals surface area contributed by atoms with Gasteiger partial charge in [0.25, 0.3) is 10.0 Å². The number of benzene rings is 3. The maximum absolute atomic E-state index is 14.0. The summed E-state index contributed by atoms with van der Waals surface area (Å²) in [6.07, 6.45) is 0. The predicted octanol–water partition coefficient (Wildman–Crippen LogP) is 5.18. The minimum absolute atomic E-state index is 0.00770. The van der Waals surface area contributed by atoms with Gasteiger partial charge in [0.05, 0.1) is 17.7 Å². The van der Waals surface area contributed by atoms with Crippen LogP contribution in [0.4, 0.5) is 5.69 Å². The van der Waals surface area contributed by atoms with E-state index in [0.29, 0.717) is 16.3 Å². The van der Waals surface area contributed by atoms with Crippen LogP contribution in [0, 0.1) is 6.92 Å². The van der Waals surface area contributed by atoms with Gasteiger partial charge in [-0.05, 0) is 70.5 Å². The molecule has 0 unspecified atom stereocenters. The number of amides is 2. The highest BCUT2D eigenvalue weighted by atomic mass is 35.5. The van der Waals surface area contributed by atoms with E-state index in [-0.39, 0.29) is 23.0 Å². The monoisotopic (exact) mass is 585 g/mol. The zero-order chi connectivity index (χ0) is 29.7. The SMILES string of the molecule is COc1cccc(N(CC(=O)N(Cc2ccccc2Cl)[C@@H](C)C(=O)NC(C)(C)C)S(=O)(=O)c2ccc(C)cc2)c1. The van der Waals surface area contributed by atoms with Crippen LogP contribution in [0.3, 0.4) is 0 Å². The van der Waals surface area contributed by atoms with Crippen molar-refractivity contribution in [3.05, 3.63) is 88.9 Å². The van der Waals surface area contributed by atoms with Crippen molar-refractivity contribution in [2.24, 2.45) is 0 Å². The van der Waals surface area contributed by atoms with Crippen LogP contribution in [0.2, 0.25) is 5.02 Å². The zero-order valence-electron chi connectivity index (χ0n) is 23.6. The number of carbonyl (C=O) groups is 2. The van der Waals surface area contributed by atoms with Gasteiger partial charge in [0.15, 0.2) is 0 Å². The van der Waals surface area contributed by atoms with Gasteiger partial charge in [-0.2, -0.15) is 0 Å². The minimum Gasteiger partial charge on any atom is -0.497 e. The first-order valence-electron chi connectivity index (χ1n) is 12.8. The number of sulfonamides is 1. The van der Waals surface area contributed by atoms with E-state index in [1.54, 1.807) is 67.6 Å². The Balaban J connectivity index is 2.07. The fraction of sp³-hybridized carbons (Fsp3) is 0.333. The third-order valence-electron chi connectivity index (χ3n) is 6.19. The van der Waals surface area contributed by atoms with Crippen molar-refractivity contribution in [3.8, 4) is 5.75 Å². The molecule has 3 rings (SSSR count). The largest absolute Gasteiger partial charge is 0.497 e. The molecule has 8 nitrogen and oxygen atoms in total. The third-order valence-corrected chi connectivity index (χ3v) is 8.35. The molecule has 40 heavy (non-hydrogen) atoms. The van der Waals surface area contributed by atoms with E-state index < -0.39 is 34.1 Å². The van der Waals surface area contributed by atoms with Crippen LogP contribution in [-0.2, 0) is 26.2 Å². The van der Waals surface area contributed by atoms with Crippen molar-refractivity contribution < 1.29 is 22.7 Å². The molecule has 10 heteroatoms. The van der Waals surface area contributed by atoms with Gasteiger partial charge in [-0.25, -0.2) is 8.42 Å². The zero-order valence-corrected chi connectivity index (χ0v) is 25.2. The Kier molecular flexibility index (Phi) is 9.87. The lowest BCUT2D eigenvalue weighted by atomic mass is 10.1. The topological polar surface area (TPSA) is 96.0 Å². The lowest BCUT2D eigenvalue weighted by molar-refractivity contribution is -0.140. The van der Waals surface area contributed by atoms with Gasteiger partial charge in [-0.1, -0.05) is 53.6 Å². The first kappa shape index (κ1) is 31.0. The van der Waals surface area contributed by atoms with Gasteiger partial charge in [-0.3, -0.25) is 13.9 Å². The Morgan fingerprint density at radius 2 is 1.65 bits per heavy atom. The van der Waals surface area contributed by atoms with Crippen molar-refractivity contribution in [3.63, 3.8) is 0 Å². The number of hydrogen-bond acceptors (Lipinski definition) is 5. The van der Waals surface area contributed by atoms with E-state index in [0.717, 1.165) is 9.87 Å². The number of rotatable bonds is 10. The molecule has 0 saturated carbocycles. The van der Waals surface area contributed by atoms with Crippen LogP contribution in [0.25, 0.3) is 0 Å². The van der Waals surface area contributed by atoms with Crippen LogP contribution < -0.4 is 14.4 Å². The van der Waals surface area contributed by atoms with Gasteiger partial charge in [0.1, 0.15) is 18.3 Å². The standard InChI is InChI=1S/C30H36ClN3O5S/c1-21-14-16-26(17-15-21)40(37,38)34(24-11-9-12-25(18-24)39-6)20-28(35)33(19-23-10-7-8-13-27(23)31)22(2)29(36)32-30(3,4)5/h7-18,22H,19-20H2,1-6H3,(H,32,36)/t22-/m0/s1. The second kappa shape index (κ2) is 12.7. The normalized spacial score (nSPS) is 12.4. The Labute approximate surface area is 241 Å². The molecule has 0 bridgehead atoms. The molecule has 3 aromatic rings. The van der Waals surface area contributed by atoms with Crippen LogP contribution in [0.5, 0.6) is 5.75 Å². The number of nitrogens with one attached hydrogen (secondary N) is 1. The average Bonchev–Trinajstić information content (AvgIpc) is 2.90. The van der Waals surface area contributed by atoms with Crippen LogP contribution in [0.15, 0.2) is 77.7 Å². The number of nitrogens with zero attached hydrogens (tertiary/aromatic N) is 2. The maximum atomic E-state index is 14.0. The number of ether oxygens (including phenoxy) is 1. The van der Waals surface area contributed by atoms with Crippen LogP contribution in [0.1, 0.15) is 38.8 Å². The van der Waals surface area contributed by atoms with Gasteiger partial charge < -0.3 is 15.0 Å². The Hall–Kier alpha value is -3.56. The molecule has 1 atom stereocenters. The molecule has 1 N–H and O–H groups in total. The number of aryl methyl sites for hydroxylation is 1. The fourth-order valence-corrected chi connectivity index (χ4v) is 5.60. The van der Waals surface area contributed by atoms with Gasteiger partial charge in [0.2, 0.25) is 11.8 Å². The summed E-state index contributed by atoms with van der Waals surface area (Å²) in [6.45, 7) is 8.45. The number of methoxy groups -OCH3 is 1. The summed E-state index contributed by atoms with van der Waals surface area (Å²) in [5.41, 5.74) is 1.24. The lowest BCUT2D eigenvalue weighted by Gasteiger charge is -2.33. The number of carbonyl (C=O) groups excluding carboxylic acids is 2. The Morgan fingerprint density at radius 1 is 1.00 bits per heavy atom. The van der Waals surface area contributed by atoms with E-state index in [1.165, 1.54) is 24.1 Å². The molecule has 0 aliphatic rings. The van der Waals surface area contributed by atoms with Crippen molar-refractivity contribution in [2.45, 2.75) is 57.6 Å².